The van der Waals surface area contributed by atoms with Crippen molar-refractivity contribution in [1.29, 1.82) is 5.26 Å². The number of carbonyl (C=O) groups is 2. The SMILES string of the molecule is CCOc1cc(/C=C(\C#N)C(=O)NCCc2c[nH]c3ccccc23)c(Br)cc1OCC(=O)Nc1ccccc1. The molecule has 0 saturated heterocycles. The minimum atomic E-state index is -0.472. The lowest BCUT2D eigenvalue weighted by Gasteiger charge is -2.14. The molecule has 39 heavy (non-hydrogen) atoms. The number of benzene rings is 3. The number of para-hydroxylation sites is 2. The van der Waals surface area contributed by atoms with Crippen LogP contribution in [-0.2, 0) is 16.0 Å². The number of H-pyrrole nitrogens is 1. The van der Waals surface area contributed by atoms with Crippen LogP contribution in [0, 0.1) is 11.3 Å². The summed E-state index contributed by atoms with van der Waals surface area (Å²) in [6.45, 7) is 2.34. The number of rotatable bonds is 11. The van der Waals surface area contributed by atoms with Gasteiger partial charge in [0.15, 0.2) is 18.1 Å². The summed E-state index contributed by atoms with van der Waals surface area (Å²) in [7, 11) is 0. The van der Waals surface area contributed by atoms with Gasteiger partial charge < -0.3 is 25.1 Å². The molecule has 0 unspecified atom stereocenters. The Morgan fingerprint density at radius 2 is 1.79 bits per heavy atom. The predicted molar refractivity (Wildman–Crippen MR) is 154 cm³/mol. The number of carbonyl (C=O) groups excluding carboxylic acids is 2. The normalized spacial score (nSPS) is 11.1. The van der Waals surface area contributed by atoms with Gasteiger partial charge in [-0.2, -0.15) is 5.26 Å². The molecule has 0 aliphatic carbocycles. The Morgan fingerprint density at radius 1 is 1.05 bits per heavy atom. The fourth-order valence-corrected chi connectivity index (χ4v) is 4.39. The zero-order chi connectivity index (χ0) is 27.6. The van der Waals surface area contributed by atoms with Gasteiger partial charge in [-0.25, -0.2) is 0 Å². The quantitative estimate of drug-likeness (QED) is 0.156. The molecule has 0 aliphatic heterocycles. The smallest absolute Gasteiger partial charge is 0.262 e. The predicted octanol–water partition coefficient (Wildman–Crippen LogP) is 5.61. The van der Waals surface area contributed by atoms with Gasteiger partial charge in [-0.15, -0.1) is 0 Å². The molecule has 0 aliphatic rings. The van der Waals surface area contributed by atoms with Crippen molar-refractivity contribution in [2.24, 2.45) is 0 Å². The van der Waals surface area contributed by atoms with Gasteiger partial charge in [-0.05, 0) is 60.9 Å². The van der Waals surface area contributed by atoms with E-state index in [-0.39, 0.29) is 18.1 Å². The summed E-state index contributed by atoms with van der Waals surface area (Å²) in [5, 5.41) is 16.4. The van der Waals surface area contributed by atoms with E-state index < -0.39 is 5.91 Å². The van der Waals surface area contributed by atoms with Gasteiger partial charge in [0.05, 0.1) is 6.61 Å². The number of aromatic nitrogens is 1. The number of nitriles is 1. The number of hydrogen-bond donors (Lipinski definition) is 3. The fraction of sp³-hybridized carbons (Fsp3) is 0.167. The number of halogens is 1. The number of aromatic amines is 1. The van der Waals surface area contributed by atoms with Crippen LogP contribution >= 0.6 is 15.9 Å². The van der Waals surface area contributed by atoms with E-state index in [1.165, 1.54) is 6.08 Å². The zero-order valence-corrected chi connectivity index (χ0v) is 22.9. The molecule has 2 amide bonds. The molecule has 198 valence electrons. The fourth-order valence-electron chi connectivity index (χ4n) is 3.95. The third-order valence-electron chi connectivity index (χ3n) is 5.80. The Morgan fingerprint density at radius 3 is 2.56 bits per heavy atom. The Kier molecular flexibility index (Phi) is 9.38. The average Bonchev–Trinajstić information content (AvgIpc) is 3.36. The van der Waals surface area contributed by atoms with Crippen molar-refractivity contribution in [3.63, 3.8) is 0 Å². The van der Waals surface area contributed by atoms with Gasteiger partial charge >= 0.3 is 0 Å². The maximum atomic E-state index is 12.8. The monoisotopic (exact) mass is 586 g/mol. The Labute approximate surface area is 234 Å². The van der Waals surface area contributed by atoms with Crippen LogP contribution in [0.2, 0.25) is 0 Å². The lowest BCUT2D eigenvalue weighted by Crippen LogP contribution is -2.26. The van der Waals surface area contributed by atoms with Crippen molar-refractivity contribution in [1.82, 2.24) is 10.3 Å². The third-order valence-corrected chi connectivity index (χ3v) is 6.49. The van der Waals surface area contributed by atoms with E-state index in [4.69, 9.17) is 9.47 Å². The molecule has 0 saturated carbocycles. The van der Waals surface area contributed by atoms with E-state index in [9.17, 15) is 14.9 Å². The number of anilines is 1. The van der Waals surface area contributed by atoms with Crippen LogP contribution in [-0.4, -0.2) is 36.6 Å². The summed E-state index contributed by atoms with van der Waals surface area (Å²) in [6.07, 6.45) is 4.04. The van der Waals surface area contributed by atoms with E-state index in [0.717, 1.165) is 16.5 Å². The van der Waals surface area contributed by atoms with Crippen molar-refractivity contribution < 1.29 is 19.1 Å². The zero-order valence-electron chi connectivity index (χ0n) is 21.3. The first-order valence-electron chi connectivity index (χ1n) is 12.4. The Balaban J connectivity index is 1.42. The van der Waals surface area contributed by atoms with Crippen LogP contribution in [0.25, 0.3) is 17.0 Å². The summed E-state index contributed by atoms with van der Waals surface area (Å²) in [4.78, 5) is 28.3. The summed E-state index contributed by atoms with van der Waals surface area (Å²) in [5.74, 6) is -0.0535. The van der Waals surface area contributed by atoms with Gasteiger partial charge in [0, 0.05) is 33.8 Å². The van der Waals surface area contributed by atoms with Crippen LogP contribution in [0.3, 0.4) is 0 Å². The summed E-state index contributed by atoms with van der Waals surface area (Å²) < 4.78 is 12.0. The molecular formula is C30H27BrN4O4. The number of amides is 2. The van der Waals surface area contributed by atoms with Gasteiger partial charge in [-0.1, -0.05) is 52.3 Å². The molecule has 1 heterocycles. The largest absolute Gasteiger partial charge is 0.490 e. The van der Waals surface area contributed by atoms with Crippen molar-refractivity contribution in [3.05, 3.63) is 94.1 Å². The Bertz CT molecular complexity index is 1540. The minimum Gasteiger partial charge on any atom is -0.490 e. The first-order chi connectivity index (χ1) is 19.0. The highest BCUT2D eigenvalue weighted by atomic mass is 79.9. The number of hydrogen-bond acceptors (Lipinski definition) is 5. The van der Waals surface area contributed by atoms with Gasteiger partial charge in [-0.3, -0.25) is 9.59 Å². The van der Waals surface area contributed by atoms with Gasteiger partial charge in [0.2, 0.25) is 0 Å². The van der Waals surface area contributed by atoms with E-state index in [1.54, 1.807) is 24.3 Å². The highest BCUT2D eigenvalue weighted by Crippen LogP contribution is 2.35. The summed E-state index contributed by atoms with van der Waals surface area (Å²) >= 11 is 3.48. The van der Waals surface area contributed by atoms with E-state index >= 15 is 0 Å². The highest BCUT2D eigenvalue weighted by molar-refractivity contribution is 9.10. The lowest BCUT2D eigenvalue weighted by atomic mass is 10.1. The third kappa shape index (κ3) is 7.27. The van der Waals surface area contributed by atoms with Crippen molar-refractivity contribution in [2.75, 3.05) is 25.1 Å². The molecular weight excluding hydrogens is 560 g/mol. The minimum absolute atomic E-state index is 0.0482. The first-order valence-corrected chi connectivity index (χ1v) is 13.2. The van der Waals surface area contributed by atoms with E-state index in [0.29, 0.717) is 46.8 Å². The molecule has 4 aromatic rings. The molecule has 3 aromatic carbocycles. The van der Waals surface area contributed by atoms with Crippen LogP contribution in [0.5, 0.6) is 11.5 Å². The maximum Gasteiger partial charge on any atom is 0.262 e. The second kappa shape index (κ2) is 13.3. The molecule has 0 fully saturated rings. The average molecular weight is 587 g/mol. The molecule has 3 N–H and O–H groups in total. The number of nitrogens with one attached hydrogen (secondary N) is 3. The topological polar surface area (TPSA) is 116 Å². The number of ether oxygens (including phenoxy) is 2. The second-order valence-electron chi connectivity index (χ2n) is 8.49. The molecule has 8 nitrogen and oxygen atoms in total. The van der Waals surface area contributed by atoms with Crippen LogP contribution in [0.1, 0.15) is 18.1 Å². The van der Waals surface area contributed by atoms with E-state index in [1.807, 2.05) is 61.7 Å². The summed E-state index contributed by atoms with van der Waals surface area (Å²) in [6, 6.07) is 22.3. The van der Waals surface area contributed by atoms with Crippen LogP contribution in [0.4, 0.5) is 5.69 Å². The number of fused-ring (bicyclic) bond motifs is 1. The van der Waals surface area contributed by atoms with Crippen LogP contribution < -0.4 is 20.1 Å². The molecule has 0 bridgehead atoms. The van der Waals surface area contributed by atoms with Crippen molar-refractivity contribution in [2.45, 2.75) is 13.3 Å². The van der Waals surface area contributed by atoms with Crippen molar-refractivity contribution >= 4 is 50.4 Å². The lowest BCUT2D eigenvalue weighted by molar-refractivity contribution is -0.118. The first kappa shape index (κ1) is 27.5. The maximum absolute atomic E-state index is 12.8. The molecule has 0 spiro atoms. The highest BCUT2D eigenvalue weighted by Gasteiger charge is 2.15. The molecule has 4 rings (SSSR count). The molecule has 1 aromatic heterocycles. The molecule has 9 heteroatoms. The van der Waals surface area contributed by atoms with Gasteiger partial charge in [0.25, 0.3) is 11.8 Å². The van der Waals surface area contributed by atoms with E-state index in [2.05, 4.69) is 31.5 Å². The molecule has 0 atom stereocenters. The molecule has 0 radical (unpaired) electrons. The standard InChI is InChI=1S/C30H27BrN4O4/c1-2-38-27-15-21(25(31)16-28(27)39-19-29(36)35-23-8-4-3-5-9-23)14-22(17-32)30(37)33-13-12-20-18-34-26-11-7-6-10-24(20)26/h3-11,14-16,18,34H,2,12-13,19H2,1H3,(H,33,37)(H,35,36)/b22-14+. The number of nitrogens with zero attached hydrogens (tertiary/aromatic N) is 1. The van der Waals surface area contributed by atoms with Crippen LogP contribution in [0.15, 0.2) is 83.0 Å². The van der Waals surface area contributed by atoms with Crippen molar-refractivity contribution in [3.8, 4) is 17.6 Å². The van der Waals surface area contributed by atoms with Gasteiger partial charge in [0.1, 0.15) is 11.6 Å². The second-order valence-corrected chi connectivity index (χ2v) is 9.35. The summed E-state index contributed by atoms with van der Waals surface area (Å²) in [5.41, 5.74) is 3.30. The Hall–Kier alpha value is -4.55.